The number of unbranched alkanes of at least 4 members (excludes halogenated alkanes) is 1. The quantitative estimate of drug-likeness (QED) is 0.440. The summed E-state index contributed by atoms with van der Waals surface area (Å²) >= 11 is 0. The molecule has 0 amide bonds. The highest BCUT2D eigenvalue weighted by Gasteiger charge is 2.21. The zero-order valence-electron chi connectivity index (χ0n) is 14.0. The Morgan fingerprint density at radius 1 is 1.38 bits per heavy atom. The number of rotatable bonds is 8. The Morgan fingerprint density at radius 2 is 2.12 bits per heavy atom. The Hall–Kier alpha value is -2.18. The van der Waals surface area contributed by atoms with Crippen LogP contribution in [0, 0.1) is 11.3 Å². The Morgan fingerprint density at radius 3 is 2.75 bits per heavy atom. The van der Waals surface area contributed by atoms with Gasteiger partial charge < -0.3 is 5.73 Å². The number of nitriles is 1. The number of aromatic nitrogens is 2. The fraction of sp³-hybridized carbons (Fsp3) is 0.389. The molecule has 5 nitrogen and oxygen atoms in total. The molecule has 0 aliphatic rings. The molecule has 1 heterocycles. The van der Waals surface area contributed by atoms with Gasteiger partial charge in [-0.2, -0.15) is 10.4 Å². The lowest BCUT2D eigenvalue weighted by Crippen LogP contribution is -2.14. The third-order valence-corrected chi connectivity index (χ3v) is 4.26. The Labute approximate surface area is 145 Å². The van der Waals surface area contributed by atoms with Crippen LogP contribution in [0.25, 0.3) is 11.3 Å². The van der Waals surface area contributed by atoms with E-state index in [9.17, 15) is 5.26 Å². The van der Waals surface area contributed by atoms with Gasteiger partial charge in [0, 0.05) is 11.8 Å². The van der Waals surface area contributed by atoms with E-state index >= 15 is 0 Å². The molecule has 2 unspecified atom stereocenters. The minimum absolute atomic E-state index is 0.206. The summed E-state index contributed by atoms with van der Waals surface area (Å²) in [5.74, 6) is 0.467. The smallest absolute Gasteiger partial charge is 0.140 e. The average molecular weight is 341 g/mol. The van der Waals surface area contributed by atoms with Crippen LogP contribution in [0.1, 0.15) is 50.6 Å². The number of anilines is 1. The van der Waals surface area contributed by atoms with Gasteiger partial charge in [0.2, 0.25) is 0 Å². The predicted molar refractivity (Wildman–Crippen MR) is 103 cm³/mol. The average Bonchev–Trinajstić information content (AvgIpc) is 2.95. The van der Waals surface area contributed by atoms with Crippen molar-refractivity contribution in [2.45, 2.75) is 45.1 Å². The summed E-state index contributed by atoms with van der Waals surface area (Å²) in [6.45, 7) is 2.15. The van der Waals surface area contributed by atoms with E-state index in [1.54, 1.807) is 0 Å². The first kappa shape index (κ1) is 18.2. The maximum Gasteiger partial charge on any atom is 0.140 e. The van der Waals surface area contributed by atoms with Gasteiger partial charge in [-0.3, -0.25) is 4.76 Å². The number of hydrogen-bond acceptors (Lipinski definition) is 4. The number of nitrogen functional groups attached to an aromatic ring is 1. The van der Waals surface area contributed by atoms with E-state index in [1.807, 2.05) is 41.2 Å². The molecule has 0 saturated carbocycles. The fourth-order valence-corrected chi connectivity index (χ4v) is 3.02. The molecule has 0 fully saturated rings. The molecule has 24 heavy (non-hydrogen) atoms. The molecule has 0 bridgehead atoms. The SMILES string of the molecule is CCCC(CCCC=NP)n1nc(-c2ccccc2)c(C#N)c1N. The molecule has 2 atom stereocenters. The van der Waals surface area contributed by atoms with Gasteiger partial charge in [0.25, 0.3) is 0 Å². The van der Waals surface area contributed by atoms with Gasteiger partial charge in [-0.15, -0.1) is 0 Å². The van der Waals surface area contributed by atoms with Gasteiger partial charge in [-0.25, -0.2) is 4.68 Å². The van der Waals surface area contributed by atoms with Crippen LogP contribution >= 0.6 is 9.39 Å². The van der Waals surface area contributed by atoms with Crippen molar-refractivity contribution in [2.75, 3.05) is 5.73 Å². The minimum Gasteiger partial charge on any atom is -0.383 e. The van der Waals surface area contributed by atoms with Crippen molar-refractivity contribution < 1.29 is 0 Å². The molecular formula is C18H24N5P. The van der Waals surface area contributed by atoms with E-state index < -0.39 is 0 Å². The Kier molecular flexibility index (Phi) is 6.96. The molecule has 1 aromatic carbocycles. The zero-order valence-corrected chi connectivity index (χ0v) is 15.2. The van der Waals surface area contributed by atoms with Gasteiger partial charge in [-0.05, 0) is 35.1 Å². The molecular weight excluding hydrogens is 317 g/mol. The normalized spacial score (nSPS) is 12.4. The van der Waals surface area contributed by atoms with Crippen LogP contribution in [-0.4, -0.2) is 16.0 Å². The lowest BCUT2D eigenvalue weighted by atomic mass is 10.1. The van der Waals surface area contributed by atoms with E-state index in [0.29, 0.717) is 17.1 Å². The molecule has 0 aliphatic heterocycles. The molecule has 0 aliphatic carbocycles. The number of nitrogens with two attached hydrogens (primary N) is 1. The number of benzene rings is 1. The lowest BCUT2D eigenvalue weighted by molar-refractivity contribution is 0.394. The van der Waals surface area contributed by atoms with Crippen molar-refractivity contribution in [3.8, 4) is 17.3 Å². The minimum atomic E-state index is 0.206. The van der Waals surface area contributed by atoms with Crippen LogP contribution in [-0.2, 0) is 0 Å². The predicted octanol–water partition coefficient (Wildman–Crippen LogP) is 4.38. The topological polar surface area (TPSA) is 80.0 Å². The monoisotopic (exact) mass is 341 g/mol. The third kappa shape index (κ3) is 4.21. The third-order valence-electron chi connectivity index (χ3n) is 4.05. The maximum absolute atomic E-state index is 9.53. The van der Waals surface area contributed by atoms with Crippen molar-refractivity contribution in [3.05, 3.63) is 35.9 Å². The van der Waals surface area contributed by atoms with E-state index in [4.69, 9.17) is 10.8 Å². The van der Waals surface area contributed by atoms with Crippen LogP contribution in [0.2, 0.25) is 0 Å². The van der Waals surface area contributed by atoms with Crippen LogP contribution in [0.3, 0.4) is 0 Å². The van der Waals surface area contributed by atoms with Crippen LogP contribution < -0.4 is 5.73 Å². The second kappa shape index (κ2) is 9.20. The van der Waals surface area contributed by atoms with E-state index in [2.05, 4.69) is 27.1 Å². The second-order valence-corrected chi connectivity index (χ2v) is 6.03. The lowest BCUT2D eigenvalue weighted by Gasteiger charge is -2.18. The van der Waals surface area contributed by atoms with Crippen molar-refractivity contribution in [1.29, 1.82) is 5.26 Å². The standard InChI is InChI=1S/C18H24N5P/c1-2-8-15(11-6-7-12-21-24)23-18(20)16(13-19)17(22-23)14-9-4-3-5-10-14/h3-5,9-10,12,15H,2,6-8,11,20,24H2,1H3. The number of nitrogens with zero attached hydrogens (tertiary/aromatic N) is 4. The maximum atomic E-state index is 9.53. The summed E-state index contributed by atoms with van der Waals surface area (Å²) in [5.41, 5.74) is 8.32. The van der Waals surface area contributed by atoms with Gasteiger partial charge in [0.15, 0.2) is 0 Å². The zero-order chi connectivity index (χ0) is 17.4. The van der Waals surface area contributed by atoms with Crippen molar-refractivity contribution >= 4 is 21.4 Å². The van der Waals surface area contributed by atoms with Crippen LogP contribution in [0.5, 0.6) is 0 Å². The summed E-state index contributed by atoms with van der Waals surface area (Å²) < 4.78 is 5.79. The first-order chi connectivity index (χ1) is 11.7. The van der Waals surface area contributed by atoms with Gasteiger partial charge in [0.05, 0.1) is 6.04 Å². The fourth-order valence-electron chi connectivity index (χ4n) is 2.88. The second-order valence-electron chi connectivity index (χ2n) is 5.74. The molecule has 2 rings (SSSR count). The van der Waals surface area contributed by atoms with E-state index in [-0.39, 0.29) is 6.04 Å². The molecule has 0 radical (unpaired) electrons. The first-order valence-corrected chi connectivity index (χ1v) is 8.79. The number of hydrogen-bond donors (Lipinski definition) is 1. The highest BCUT2D eigenvalue weighted by Crippen LogP contribution is 2.31. The first-order valence-electron chi connectivity index (χ1n) is 8.28. The summed E-state index contributed by atoms with van der Waals surface area (Å²) in [6, 6.07) is 12.2. The van der Waals surface area contributed by atoms with E-state index in [0.717, 1.165) is 37.7 Å². The largest absolute Gasteiger partial charge is 0.383 e. The molecule has 0 spiro atoms. The van der Waals surface area contributed by atoms with Gasteiger partial charge in [0.1, 0.15) is 23.1 Å². The highest BCUT2D eigenvalue weighted by atomic mass is 31.0. The van der Waals surface area contributed by atoms with Crippen molar-refractivity contribution in [1.82, 2.24) is 9.78 Å². The van der Waals surface area contributed by atoms with Crippen molar-refractivity contribution in [2.24, 2.45) is 4.76 Å². The molecule has 2 N–H and O–H groups in total. The molecule has 1 aromatic heterocycles. The summed E-state index contributed by atoms with van der Waals surface area (Å²) in [5, 5.41) is 14.2. The highest BCUT2D eigenvalue weighted by molar-refractivity contribution is 7.14. The van der Waals surface area contributed by atoms with Crippen LogP contribution in [0.15, 0.2) is 35.1 Å². The Balaban J connectivity index is 2.34. The molecule has 6 heteroatoms. The van der Waals surface area contributed by atoms with Crippen molar-refractivity contribution in [3.63, 3.8) is 0 Å². The van der Waals surface area contributed by atoms with Gasteiger partial charge in [-0.1, -0.05) is 43.7 Å². The molecule has 2 aromatic rings. The summed E-state index contributed by atoms with van der Waals surface area (Å²) in [6.07, 6.45) is 6.85. The summed E-state index contributed by atoms with van der Waals surface area (Å²) in [7, 11) is 2.35. The molecule has 126 valence electrons. The molecule has 0 saturated heterocycles. The van der Waals surface area contributed by atoms with Gasteiger partial charge >= 0.3 is 0 Å². The summed E-state index contributed by atoms with van der Waals surface area (Å²) in [4.78, 5) is 0. The van der Waals surface area contributed by atoms with E-state index in [1.165, 1.54) is 0 Å². The Bertz CT molecular complexity index is 715. The van der Waals surface area contributed by atoms with Crippen LogP contribution in [0.4, 0.5) is 5.82 Å².